The zero-order valence-electron chi connectivity index (χ0n) is 16.4. The summed E-state index contributed by atoms with van der Waals surface area (Å²) in [5.41, 5.74) is 1.57. The molecule has 0 fully saturated rings. The Kier molecular flexibility index (Phi) is 8.00. The lowest BCUT2D eigenvalue weighted by atomic mass is 10.1. The van der Waals surface area contributed by atoms with Crippen LogP contribution in [-0.2, 0) is 22.6 Å². The van der Waals surface area contributed by atoms with Gasteiger partial charge in [-0.05, 0) is 48.2 Å². The highest BCUT2D eigenvalue weighted by molar-refractivity contribution is 6.30. The summed E-state index contributed by atoms with van der Waals surface area (Å²) in [6.45, 7) is 6.57. The highest BCUT2D eigenvalue weighted by atomic mass is 35.5. The number of hydrogen-bond acceptors (Lipinski definition) is 2. The number of nitrogens with one attached hydrogen (secondary N) is 1. The zero-order valence-corrected chi connectivity index (χ0v) is 17.2. The third kappa shape index (κ3) is 6.64. The van der Waals surface area contributed by atoms with E-state index in [1.54, 1.807) is 36.1 Å². The lowest BCUT2D eigenvalue weighted by Crippen LogP contribution is -2.48. The van der Waals surface area contributed by atoms with Crippen molar-refractivity contribution in [1.82, 2.24) is 10.2 Å². The molecule has 0 aliphatic carbocycles. The molecule has 0 saturated carbocycles. The molecule has 0 radical (unpaired) electrons. The van der Waals surface area contributed by atoms with E-state index in [-0.39, 0.29) is 30.6 Å². The van der Waals surface area contributed by atoms with Gasteiger partial charge in [-0.1, -0.05) is 49.7 Å². The van der Waals surface area contributed by atoms with Gasteiger partial charge in [-0.2, -0.15) is 0 Å². The van der Waals surface area contributed by atoms with E-state index >= 15 is 0 Å². The summed E-state index contributed by atoms with van der Waals surface area (Å²) >= 11 is 5.94. The zero-order chi connectivity index (χ0) is 20.7. The van der Waals surface area contributed by atoms with Crippen LogP contribution in [-0.4, -0.2) is 29.3 Å². The maximum atomic E-state index is 13.1. The quantitative estimate of drug-likeness (QED) is 0.716. The van der Waals surface area contributed by atoms with Crippen LogP contribution in [0.2, 0.25) is 5.02 Å². The van der Waals surface area contributed by atoms with Crippen LogP contribution in [0.1, 0.15) is 31.9 Å². The van der Waals surface area contributed by atoms with Gasteiger partial charge in [0.1, 0.15) is 11.9 Å². The van der Waals surface area contributed by atoms with E-state index < -0.39 is 6.04 Å². The largest absolute Gasteiger partial charge is 0.354 e. The van der Waals surface area contributed by atoms with Gasteiger partial charge in [0.2, 0.25) is 11.8 Å². The Bertz CT molecular complexity index is 791. The predicted octanol–water partition coefficient (Wildman–Crippen LogP) is 4.21. The van der Waals surface area contributed by atoms with Crippen LogP contribution in [0.25, 0.3) is 0 Å². The number of carbonyl (C=O) groups is 2. The Morgan fingerprint density at radius 1 is 1.00 bits per heavy atom. The molecule has 28 heavy (non-hydrogen) atoms. The first-order valence-corrected chi connectivity index (χ1v) is 9.70. The molecule has 0 saturated heterocycles. The topological polar surface area (TPSA) is 49.4 Å². The molecule has 0 heterocycles. The van der Waals surface area contributed by atoms with Crippen LogP contribution in [0.5, 0.6) is 0 Å². The summed E-state index contributed by atoms with van der Waals surface area (Å²) in [7, 11) is 0. The third-order valence-corrected chi connectivity index (χ3v) is 4.64. The van der Waals surface area contributed by atoms with Gasteiger partial charge < -0.3 is 10.2 Å². The smallest absolute Gasteiger partial charge is 0.242 e. The van der Waals surface area contributed by atoms with E-state index in [0.29, 0.717) is 23.0 Å². The molecule has 0 aliphatic rings. The molecule has 0 aromatic heterocycles. The number of benzene rings is 2. The van der Waals surface area contributed by atoms with Crippen LogP contribution in [0, 0.1) is 11.7 Å². The fourth-order valence-corrected chi connectivity index (χ4v) is 2.83. The van der Waals surface area contributed by atoms with Crippen molar-refractivity contribution >= 4 is 23.4 Å². The summed E-state index contributed by atoms with van der Waals surface area (Å²) in [5.74, 6) is -0.435. The van der Waals surface area contributed by atoms with Crippen molar-refractivity contribution in [3.05, 3.63) is 70.5 Å². The van der Waals surface area contributed by atoms with Gasteiger partial charge in [-0.15, -0.1) is 0 Å². The van der Waals surface area contributed by atoms with Crippen molar-refractivity contribution in [2.75, 3.05) is 6.54 Å². The van der Waals surface area contributed by atoms with Crippen molar-refractivity contribution in [3.63, 3.8) is 0 Å². The first-order chi connectivity index (χ1) is 13.3. The van der Waals surface area contributed by atoms with Gasteiger partial charge >= 0.3 is 0 Å². The van der Waals surface area contributed by atoms with E-state index in [9.17, 15) is 14.0 Å². The number of halogens is 2. The Morgan fingerprint density at radius 3 is 2.14 bits per heavy atom. The molecule has 0 bridgehead atoms. The number of hydrogen-bond donors (Lipinski definition) is 1. The monoisotopic (exact) mass is 404 g/mol. The lowest BCUT2D eigenvalue weighted by Gasteiger charge is -2.29. The first-order valence-electron chi connectivity index (χ1n) is 9.32. The van der Waals surface area contributed by atoms with E-state index in [0.717, 1.165) is 5.56 Å². The van der Waals surface area contributed by atoms with E-state index in [2.05, 4.69) is 5.32 Å². The van der Waals surface area contributed by atoms with Gasteiger partial charge in [0.05, 0.1) is 6.42 Å². The van der Waals surface area contributed by atoms with Gasteiger partial charge in [0.15, 0.2) is 0 Å². The predicted molar refractivity (Wildman–Crippen MR) is 109 cm³/mol. The minimum atomic E-state index is -0.637. The number of nitrogens with zero attached hydrogens (tertiary/aromatic N) is 1. The average molecular weight is 405 g/mol. The molecular weight excluding hydrogens is 379 g/mol. The summed E-state index contributed by atoms with van der Waals surface area (Å²) in [6.07, 6.45) is 0.0929. The molecule has 2 aromatic rings. The standard InChI is InChI=1S/C22H26ClFN2O2/c1-15(2)13-25-22(28)16(3)26(14-18-4-8-19(23)9-5-18)21(27)12-17-6-10-20(24)11-7-17/h4-11,15-16H,12-14H2,1-3H3,(H,25,28)/t16-/m1/s1. The second kappa shape index (κ2) is 10.2. The molecule has 4 nitrogen and oxygen atoms in total. The van der Waals surface area contributed by atoms with Gasteiger partial charge in [0.25, 0.3) is 0 Å². The molecule has 0 aliphatic heterocycles. The summed E-state index contributed by atoms with van der Waals surface area (Å²) in [6, 6.07) is 12.3. The number of amides is 2. The molecule has 1 atom stereocenters. The Balaban J connectivity index is 2.18. The number of rotatable bonds is 8. The molecule has 150 valence electrons. The highest BCUT2D eigenvalue weighted by Crippen LogP contribution is 2.15. The highest BCUT2D eigenvalue weighted by Gasteiger charge is 2.26. The van der Waals surface area contributed by atoms with Crippen molar-refractivity contribution < 1.29 is 14.0 Å². The molecule has 6 heteroatoms. The lowest BCUT2D eigenvalue weighted by molar-refractivity contribution is -0.140. The maximum Gasteiger partial charge on any atom is 0.242 e. The van der Waals surface area contributed by atoms with Crippen molar-refractivity contribution in [3.8, 4) is 0 Å². The van der Waals surface area contributed by atoms with Crippen molar-refractivity contribution in [1.29, 1.82) is 0 Å². The van der Waals surface area contributed by atoms with Crippen molar-refractivity contribution in [2.24, 2.45) is 5.92 Å². The fraction of sp³-hybridized carbons (Fsp3) is 0.364. The summed E-state index contributed by atoms with van der Waals surface area (Å²) in [4.78, 5) is 27.1. The van der Waals surface area contributed by atoms with Crippen molar-refractivity contribution in [2.45, 2.75) is 39.8 Å². The third-order valence-electron chi connectivity index (χ3n) is 4.39. The second-order valence-corrected chi connectivity index (χ2v) is 7.70. The fourth-order valence-electron chi connectivity index (χ4n) is 2.70. The Labute approximate surface area is 170 Å². The van der Waals surface area contributed by atoms with Crippen LogP contribution < -0.4 is 5.32 Å². The minimum Gasteiger partial charge on any atom is -0.354 e. The van der Waals surface area contributed by atoms with Crippen LogP contribution in [0.15, 0.2) is 48.5 Å². The van der Waals surface area contributed by atoms with E-state index in [1.165, 1.54) is 12.1 Å². The summed E-state index contributed by atoms with van der Waals surface area (Å²) < 4.78 is 13.1. The van der Waals surface area contributed by atoms with E-state index in [1.807, 2.05) is 26.0 Å². The first kappa shape index (κ1) is 21.9. The Morgan fingerprint density at radius 2 is 1.57 bits per heavy atom. The molecule has 0 spiro atoms. The second-order valence-electron chi connectivity index (χ2n) is 7.27. The van der Waals surface area contributed by atoms with Crippen LogP contribution >= 0.6 is 11.6 Å². The van der Waals surface area contributed by atoms with Crippen LogP contribution in [0.3, 0.4) is 0 Å². The van der Waals surface area contributed by atoms with Gasteiger partial charge in [0, 0.05) is 18.1 Å². The molecule has 1 N–H and O–H groups in total. The molecule has 2 amide bonds. The van der Waals surface area contributed by atoms with Gasteiger partial charge in [-0.25, -0.2) is 4.39 Å². The minimum absolute atomic E-state index is 0.0929. The van der Waals surface area contributed by atoms with Crippen LogP contribution in [0.4, 0.5) is 4.39 Å². The molecule has 2 aromatic carbocycles. The molecule has 2 rings (SSSR count). The SMILES string of the molecule is CC(C)CNC(=O)[C@@H](C)N(Cc1ccc(Cl)cc1)C(=O)Cc1ccc(F)cc1. The Hall–Kier alpha value is -2.40. The maximum absolute atomic E-state index is 13.1. The number of carbonyl (C=O) groups excluding carboxylic acids is 2. The molecular formula is C22H26ClFN2O2. The van der Waals surface area contributed by atoms with E-state index in [4.69, 9.17) is 11.6 Å². The molecule has 0 unspecified atom stereocenters. The average Bonchev–Trinajstić information content (AvgIpc) is 2.66. The summed E-state index contributed by atoms with van der Waals surface area (Å²) in [5, 5.41) is 3.49. The van der Waals surface area contributed by atoms with Gasteiger partial charge in [-0.3, -0.25) is 9.59 Å². The normalized spacial score (nSPS) is 11.9.